The highest BCUT2D eigenvalue weighted by Gasteiger charge is 2.52. The molecule has 1 aliphatic rings. The van der Waals surface area contributed by atoms with E-state index in [-0.39, 0.29) is 17.4 Å². The van der Waals surface area contributed by atoms with Gasteiger partial charge in [0.25, 0.3) is 0 Å². The molecule has 1 unspecified atom stereocenters. The maximum absolute atomic E-state index is 10.6. The zero-order valence-electron chi connectivity index (χ0n) is 7.48. The van der Waals surface area contributed by atoms with E-state index in [0.29, 0.717) is 12.0 Å². The molecule has 1 fully saturated rings. The quantitative estimate of drug-likeness (QED) is 0.497. The second-order valence-corrected chi connectivity index (χ2v) is 5.07. The Labute approximate surface area is 95.6 Å². The highest BCUT2D eigenvalue weighted by Crippen LogP contribution is 2.59. The van der Waals surface area contributed by atoms with Crippen LogP contribution in [0.5, 0.6) is 5.75 Å². The number of phenolic OH excluding ortho intramolecular Hbond substituents is 1. The van der Waals surface area contributed by atoms with E-state index in [2.05, 4.69) is 0 Å². The molecule has 6 heteroatoms. The molecule has 2 rings (SSSR count). The predicted molar refractivity (Wildman–Crippen MR) is 56.6 cm³/mol. The second-order valence-electron chi connectivity index (χ2n) is 3.52. The Morgan fingerprint density at radius 1 is 1.53 bits per heavy atom. The zero-order valence-corrected chi connectivity index (χ0v) is 9.00. The average molecular weight is 248 g/mol. The van der Waals surface area contributed by atoms with Crippen molar-refractivity contribution in [2.45, 2.75) is 16.7 Å². The summed E-state index contributed by atoms with van der Waals surface area (Å²) in [5.41, 5.74) is 0.369. The fourth-order valence-electron chi connectivity index (χ4n) is 1.48. The van der Waals surface area contributed by atoms with Gasteiger partial charge >= 0.3 is 5.69 Å². The fourth-order valence-corrected chi connectivity index (χ4v) is 2.04. The van der Waals surface area contributed by atoms with Crippen molar-refractivity contribution in [3.05, 3.63) is 33.9 Å². The van der Waals surface area contributed by atoms with E-state index in [1.807, 2.05) is 0 Å². The van der Waals surface area contributed by atoms with Crippen LogP contribution in [0.1, 0.15) is 17.9 Å². The van der Waals surface area contributed by atoms with Gasteiger partial charge in [-0.25, -0.2) is 0 Å². The minimum absolute atomic E-state index is 0.0832. The average Bonchev–Trinajstić information content (AvgIpc) is 2.75. The van der Waals surface area contributed by atoms with E-state index < -0.39 is 9.26 Å². The van der Waals surface area contributed by atoms with Crippen molar-refractivity contribution < 1.29 is 10.0 Å². The van der Waals surface area contributed by atoms with Crippen molar-refractivity contribution in [2.24, 2.45) is 0 Å². The van der Waals surface area contributed by atoms with Crippen molar-refractivity contribution >= 4 is 28.9 Å². The number of nitro groups is 1. The topological polar surface area (TPSA) is 63.4 Å². The highest BCUT2D eigenvalue weighted by atomic mass is 35.5. The summed E-state index contributed by atoms with van der Waals surface area (Å²) in [4.78, 5) is 9.92. The van der Waals surface area contributed by atoms with Crippen LogP contribution in [0.2, 0.25) is 0 Å². The molecule has 1 saturated carbocycles. The summed E-state index contributed by atoms with van der Waals surface area (Å²) in [5.74, 6) is -0.431. The van der Waals surface area contributed by atoms with Crippen molar-refractivity contribution in [1.29, 1.82) is 0 Å². The smallest absolute Gasteiger partial charge is 0.310 e. The Morgan fingerprint density at radius 3 is 2.60 bits per heavy atom. The van der Waals surface area contributed by atoms with E-state index >= 15 is 0 Å². The number of benzene rings is 1. The molecule has 1 aliphatic carbocycles. The summed E-state index contributed by atoms with van der Waals surface area (Å²) in [6, 6.07) is 4.20. The second kappa shape index (κ2) is 3.25. The van der Waals surface area contributed by atoms with Crippen molar-refractivity contribution in [3.63, 3.8) is 0 Å². The van der Waals surface area contributed by atoms with Crippen LogP contribution in [0.3, 0.4) is 0 Å². The van der Waals surface area contributed by atoms with E-state index in [4.69, 9.17) is 23.2 Å². The van der Waals surface area contributed by atoms with Gasteiger partial charge < -0.3 is 5.11 Å². The Hall–Kier alpha value is -1.00. The van der Waals surface area contributed by atoms with Gasteiger partial charge in [0.2, 0.25) is 0 Å². The summed E-state index contributed by atoms with van der Waals surface area (Å²) >= 11 is 11.7. The molecule has 0 aliphatic heterocycles. The standard InChI is InChI=1S/C9H7Cl2NO3/c10-9(11)4-6(9)5-1-2-8(13)7(3-5)12(14)15/h1-3,6,13H,4H2. The number of nitrogens with zero attached hydrogens (tertiary/aromatic N) is 1. The Morgan fingerprint density at radius 2 is 2.13 bits per heavy atom. The molecule has 0 amide bonds. The fraction of sp³-hybridized carbons (Fsp3) is 0.333. The van der Waals surface area contributed by atoms with Crippen LogP contribution in [0.4, 0.5) is 5.69 Å². The largest absolute Gasteiger partial charge is 0.502 e. The lowest BCUT2D eigenvalue weighted by molar-refractivity contribution is -0.385. The monoisotopic (exact) mass is 247 g/mol. The lowest BCUT2D eigenvalue weighted by Crippen LogP contribution is -1.93. The molecule has 0 heterocycles. The van der Waals surface area contributed by atoms with Gasteiger partial charge in [0.05, 0.1) is 4.92 Å². The first-order valence-electron chi connectivity index (χ1n) is 4.27. The number of halogens is 2. The van der Waals surface area contributed by atoms with Crippen LogP contribution in [-0.4, -0.2) is 14.4 Å². The third-order valence-corrected chi connectivity index (χ3v) is 3.26. The van der Waals surface area contributed by atoms with Gasteiger partial charge in [0.1, 0.15) is 4.33 Å². The first-order valence-corrected chi connectivity index (χ1v) is 5.02. The van der Waals surface area contributed by atoms with Gasteiger partial charge in [0.15, 0.2) is 5.75 Å². The SMILES string of the molecule is O=[N+]([O-])c1cc(C2CC2(Cl)Cl)ccc1O. The third kappa shape index (κ3) is 1.87. The molecule has 0 radical (unpaired) electrons. The number of phenols is 1. The molecule has 0 spiro atoms. The minimum Gasteiger partial charge on any atom is -0.502 e. The number of rotatable bonds is 2. The number of hydrogen-bond donors (Lipinski definition) is 1. The van der Waals surface area contributed by atoms with Crippen molar-refractivity contribution in [1.82, 2.24) is 0 Å². The van der Waals surface area contributed by atoms with Gasteiger partial charge in [-0.2, -0.15) is 0 Å². The first kappa shape index (κ1) is 10.5. The molecule has 4 nitrogen and oxygen atoms in total. The molecule has 0 saturated heterocycles. The third-order valence-electron chi connectivity index (χ3n) is 2.42. The van der Waals surface area contributed by atoms with Gasteiger partial charge in [-0.1, -0.05) is 6.07 Å². The van der Waals surface area contributed by atoms with E-state index in [0.717, 1.165) is 0 Å². The van der Waals surface area contributed by atoms with Crippen LogP contribution in [0.25, 0.3) is 0 Å². The van der Waals surface area contributed by atoms with E-state index in [1.54, 1.807) is 6.07 Å². The zero-order chi connectivity index (χ0) is 11.2. The molecule has 1 aromatic carbocycles. The maximum Gasteiger partial charge on any atom is 0.310 e. The van der Waals surface area contributed by atoms with E-state index in [9.17, 15) is 15.2 Å². The van der Waals surface area contributed by atoms with Gasteiger partial charge in [-0.3, -0.25) is 10.1 Å². The lowest BCUT2D eigenvalue weighted by atomic mass is 10.1. The molecule has 0 bridgehead atoms. The molecule has 0 aromatic heterocycles. The van der Waals surface area contributed by atoms with Crippen LogP contribution in [0, 0.1) is 10.1 Å². The van der Waals surface area contributed by atoms with Gasteiger partial charge in [-0.05, 0) is 18.1 Å². The van der Waals surface area contributed by atoms with Gasteiger partial charge in [0, 0.05) is 12.0 Å². The summed E-state index contributed by atoms with van der Waals surface area (Å²) in [6.07, 6.45) is 0.581. The predicted octanol–water partition coefficient (Wildman–Crippen LogP) is 2.96. The van der Waals surface area contributed by atoms with Crippen LogP contribution >= 0.6 is 23.2 Å². The normalized spacial score (nSPS) is 22.4. The summed E-state index contributed by atoms with van der Waals surface area (Å²) < 4.78 is -0.815. The maximum atomic E-state index is 10.6. The summed E-state index contributed by atoms with van der Waals surface area (Å²) in [6.45, 7) is 0. The molecule has 1 atom stereocenters. The lowest BCUT2D eigenvalue weighted by Gasteiger charge is -2.02. The van der Waals surface area contributed by atoms with Crippen LogP contribution < -0.4 is 0 Å². The van der Waals surface area contributed by atoms with Gasteiger partial charge in [-0.15, -0.1) is 23.2 Å². The molecule has 80 valence electrons. The number of hydrogen-bond acceptors (Lipinski definition) is 3. The molecular weight excluding hydrogens is 241 g/mol. The Bertz CT molecular complexity index is 433. The van der Waals surface area contributed by atoms with E-state index in [1.165, 1.54) is 12.1 Å². The molecule has 1 N–H and O–H groups in total. The van der Waals surface area contributed by atoms with Crippen LogP contribution in [-0.2, 0) is 0 Å². The molecular formula is C9H7Cl2NO3. The van der Waals surface area contributed by atoms with Crippen molar-refractivity contribution in [3.8, 4) is 5.75 Å². The molecule has 1 aromatic rings. The number of nitro benzene ring substituents is 1. The summed E-state index contributed by atoms with van der Waals surface area (Å²) in [7, 11) is 0. The summed E-state index contributed by atoms with van der Waals surface area (Å²) in [5, 5.41) is 19.8. The number of aromatic hydroxyl groups is 1. The molecule has 15 heavy (non-hydrogen) atoms. The van der Waals surface area contributed by atoms with Crippen molar-refractivity contribution in [2.75, 3.05) is 0 Å². The minimum atomic E-state index is -0.815. The first-order chi connectivity index (χ1) is 6.92. The Kier molecular flexibility index (Phi) is 2.28. The Balaban J connectivity index is 2.36. The number of alkyl halides is 2. The van der Waals surface area contributed by atoms with Crippen LogP contribution in [0.15, 0.2) is 18.2 Å². The highest BCUT2D eigenvalue weighted by molar-refractivity contribution is 6.51.